The fourth-order valence-electron chi connectivity index (χ4n) is 6.05. The second kappa shape index (κ2) is 6.93. The Labute approximate surface area is 172 Å². The molecule has 8 heteroatoms. The van der Waals surface area contributed by atoms with Crippen LogP contribution < -0.4 is 0 Å². The molecule has 0 spiro atoms. The number of nitro groups is 1. The van der Waals surface area contributed by atoms with E-state index in [4.69, 9.17) is 4.42 Å². The number of nitrogens with zero attached hydrogens (tertiary/aromatic N) is 3. The van der Waals surface area contributed by atoms with Crippen LogP contribution in [0.3, 0.4) is 0 Å². The van der Waals surface area contributed by atoms with Crippen LogP contribution in [0, 0.1) is 34.8 Å². The first-order valence-corrected chi connectivity index (χ1v) is 11.2. The number of hydrogen-bond acceptors (Lipinski definition) is 7. The Bertz CT molecular complexity index is 951. The van der Waals surface area contributed by atoms with Crippen molar-refractivity contribution in [3.8, 4) is 0 Å². The highest BCUT2D eigenvalue weighted by Crippen LogP contribution is 2.60. The molecule has 0 amide bonds. The van der Waals surface area contributed by atoms with E-state index in [0.29, 0.717) is 16.3 Å². The lowest BCUT2D eigenvalue weighted by atomic mass is 9.49. The Morgan fingerprint density at radius 3 is 2.48 bits per heavy atom. The molecule has 29 heavy (non-hydrogen) atoms. The van der Waals surface area contributed by atoms with Crippen LogP contribution in [0.25, 0.3) is 0 Å². The van der Waals surface area contributed by atoms with Crippen molar-refractivity contribution in [3.63, 3.8) is 0 Å². The van der Waals surface area contributed by atoms with Gasteiger partial charge < -0.3 is 4.42 Å². The first kappa shape index (κ1) is 18.8. The van der Waals surface area contributed by atoms with Crippen LogP contribution in [-0.4, -0.2) is 26.7 Å². The highest BCUT2D eigenvalue weighted by Gasteiger charge is 2.54. The molecule has 152 valence electrons. The van der Waals surface area contributed by atoms with Crippen molar-refractivity contribution in [2.24, 2.45) is 17.8 Å². The molecule has 2 aromatic rings. The third-order valence-corrected chi connectivity index (χ3v) is 7.77. The summed E-state index contributed by atoms with van der Waals surface area (Å²) in [6.07, 6.45) is 7.51. The quantitative estimate of drug-likeness (QED) is 0.292. The summed E-state index contributed by atoms with van der Waals surface area (Å²) >= 11 is 1.21. The Balaban J connectivity index is 1.27. The van der Waals surface area contributed by atoms with E-state index in [0.717, 1.165) is 42.9 Å². The lowest BCUT2D eigenvalue weighted by Crippen LogP contribution is -2.48. The molecule has 1 aromatic heterocycles. The van der Waals surface area contributed by atoms with Crippen LogP contribution in [-0.2, 0) is 5.41 Å². The lowest BCUT2D eigenvalue weighted by Gasteiger charge is -2.55. The second-order valence-electron chi connectivity index (χ2n) is 9.04. The fraction of sp³-hybridized carbons (Fsp3) is 0.571. The van der Waals surface area contributed by atoms with Crippen LogP contribution in [0.1, 0.15) is 60.3 Å². The normalized spacial score (nSPS) is 29.9. The predicted molar refractivity (Wildman–Crippen MR) is 107 cm³/mol. The number of aromatic nitrogens is 2. The summed E-state index contributed by atoms with van der Waals surface area (Å²) in [5.74, 6) is 3.06. The Hall–Kier alpha value is -2.22. The molecule has 0 unspecified atom stereocenters. The highest BCUT2D eigenvalue weighted by atomic mass is 32.2. The number of hydrogen-bond donors (Lipinski definition) is 0. The number of ketones is 1. The second-order valence-corrected chi connectivity index (χ2v) is 9.97. The number of Topliss-reactive ketones (excluding diaryl/α,β-unsaturated/α-hetero) is 1. The standard InChI is InChI=1S/C21H23N3O4S/c1-12-2-3-16(7-17(12)24(26)27)18(25)11-29-20-23-22-19(28-20)21-8-13-4-14(9-21)6-15(5-13)10-21/h2-3,7,13-15H,4-6,8-11H2,1H3. The molecule has 1 aromatic carbocycles. The van der Waals surface area contributed by atoms with Crippen molar-refractivity contribution in [2.45, 2.75) is 56.1 Å². The van der Waals surface area contributed by atoms with Gasteiger partial charge in [-0.05, 0) is 63.2 Å². The van der Waals surface area contributed by atoms with Gasteiger partial charge in [0.25, 0.3) is 10.9 Å². The molecular formula is C21H23N3O4S. The van der Waals surface area contributed by atoms with Crippen LogP contribution in [0.2, 0.25) is 0 Å². The molecule has 0 aliphatic heterocycles. The van der Waals surface area contributed by atoms with Crippen molar-refractivity contribution in [1.82, 2.24) is 10.2 Å². The molecule has 0 N–H and O–H groups in total. The van der Waals surface area contributed by atoms with E-state index in [2.05, 4.69) is 10.2 Å². The first-order valence-electron chi connectivity index (χ1n) is 10.2. The summed E-state index contributed by atoms with van der Waals surface area (Å²) in [4.78, 5) is 23.1. The summed E-state index contributed by atoms with van der Waals surface area (Å²) < 4.78 is 6.02. The SMILES string of the molecule is Cc1ccc(C(=O)CSc2nnc(C34CC5CC(CC(C5)C3)C4)o2)cc1[N+](=O)[O-]. The molecule has 4 saturated carbocycles. The molecule has 1 heterocycles. The number of thioether (sulfide) groups is 1. The molecule has 4 aliphatic rings. The van der Waals surface area contributed by atoms with Gasteiger partial charge in [-0.2, -0.15) is 0 Å². The van der Waals surface area contributed by atoms with Gasteiger partial charge >= 0.3 is 0 Å². The summed E-state index contributed by atoms with van der Waals surface area (Å²) in [5.41, 5.74) is 0.872. The van der Waals surface area contributed by atoms with Gasteiger partial charge in [-0.15, -0.1) is 10.2 Å². The summed E-state index contributed by atoms with van der Waals surface area (Å²) in [7, 11) is 0. The zero-order chi connectivity index (χ0) is 20.2. The van der Waals surface area contributed by atoms with Crippen molar-refractivity contribution < 1.29 is 14.1 Å². The Morgan fingerprint density at radius 2 is 1.86 bits per heavy atom. The summed E-state index contributed by atoms with van der Waals surface area (Å²) in [6, 6.07) is 4.57. The minimum absolute atomic E-state index is 0.0391. The van der Waals surface area contributed by atoms with Crippen molar-refractivity contribution in [1.29, 1.82) is 0 Å². The maximum atomic E-state index is 12.5. The van der Waals surface area contributed by atoms with Crippen LogP contribution in [0.5, 0.6) is 0 Å². The number of benzene rings is 1. The van der Waals surface area contributed by atoms with Crippen molar-refractivity contribution in [2.75, 3.05) is 5.75 Å². The number of carbonyl (C=O) groups excluding carboxylic acids is 1. The maximum Gasteiger partial charge on any atom is 0.277 e. The molecule has 4 aliphatic carbocycles. The molecule has 4 fully saturated rings. The first-order chi connectivity index (χ1) is 13.9. The van der Waals surface area contributed by atoms with Crippen LogP contribution >= 0.6 is 11.8 Å². The zero-order valence-electron chi connectivity index (χ0n) is 16.3. The lowest BCUT2D eigenvalue weighted by molar-refractivity contribution is -0.385. The average Bonchev–Trinajstić information content (AvgIpc) is 3.15. The fourth-order valence-corrected chi connectivity index (χ4v) is 6.70. The van der Waals surface area contributed by atoms with Gasteiger partial charge in [-0.1, -0.05) is 23.9 Å². The van der Waals surface area contributed by atoms with Gasteiger partial charge in [0.05, 0.1) is 10.7 Å². The highest BCUT2D eigenvalue weighted by molar-refractivity contribution is 7.99. The van der Waals surface area contributed by atoms with Crippen LogP contribution in [0.15, 0.2) is 27.8 Å². The molecule has 4 bridgehead atoms. The summed E-state index contributed by atoms with van der Waals surface area (Å²) in [5, 5.41) is 20.1. The minimum atomic E-state index is -0.463. The number of carbonyl (C=O) groups is 1. The van der Waals surface area contributed by atoms with E-state index >= 15 is 0 Å². The van der Waals surface area contributed by atoms with E-state index in [9.17, 15) is 14.9 Å². The van der Waals surface area contributed by atoms with E-state index in [1.807, 2.05) is 0 Å². The van der Waals surface area contributed by atoms with E-state index in [-0.39, 0.29) is 22.6 Å². The number of rotatable bonds is 6. The van der Waals surface area contributed by atoms with E-state index in [1.54, 1.807) is 19.1 Å². The molecule has 0 saturated heterocycles. The molecule has 0 atom stereocenters. The Kier molecular flexibility index (Phi) is 4.49. The van der Waals surface area contributed by atoms with Gasteiger partial charge in [0, 0.05) is 22.6 Å². The van der Waals surface area contributed by atoms with Gasteiger partial charge in [0.2, 0.25) is 5.89 Å². The van der Waals surface area contributed by atoms with Crippen molar-refractivity contribution >= 4 is 23.2 Å². The molecule has 7 nitrogen and oxygen atoms in total. The largest absolute Gasteiger partial charge is 0.415 e. The third kappa shape index (κ3) is 3.37. The van der Waals surface area contributed by atoms with Gasteiger partial charge in [-0.25, -0.2) is 0 Å². The number of nitro benzene ring substituents is 1. The summed E-state index contributed by atoms with van der Waals surface area (Å²) in [6.45, 7) is 1.66. The van der Waals surface area contributed by atoms with Gasteiger partial charge in [0.15, 0.2) is 5.78 Å². The van der Waals surface area contributed by atoms with E-state index in [1.165, 1.54) is 37.1 Å². The third-order valence-electron chi connectivity index (χ3n) is 6.95. The Morgan fingerprint density at radius 1 is 1.21 bits per heavy atom. The average molecular weight is 413 g/mol. The smallest absolute Gasteiger partial charge is 0.277 e. The number of aryl methyl sites for hydroxylation is 1. The molecular weight excluding hydrogens is 390 g/mol. The topological polar surface area (TPSA) is 99.1 Å². The molecule has 6 rings (SSSR count). The maximum absolute atomic E-state index is 12.5. The van der Waals surface area contributed by atoms with Gasteiger partial charge in [-0.3, -0.25) is 14.9 Å². The predicted octanol–water partition coefficient (Wildman–Crippen LogP) is 4.73. The zero-order valence-corrected chi connectivity index (χ0v) is 17.1. The van der Waals surface area contributed by atoms with E-state index < -0.39 is 4.92 Å². The molecule has 0 radical (unpaired) electrons. The minimum Gasteiger partial charge on any atom is -0.415 e. The van der Waals surface area contributed by atoms with Crippen LogP contribution in [0.4, 0.5) is 5.69 Å². The van der Waals surface area contributed by atoms with Crippen molar-refractivity contribution in [3.05, 3.63) is 45.3 Å². The monoisotopic (exact) mass is 413 g/mol. The van der Waals surface area contributed by atoms with Gasteiger partial charge in [0.1, 0.15) is 0 Å².